The van der Waals surface area contributed by atoms with E-state index in [-0.39, 0.29) is 17.2 Å². The van der Waals surface area contributed by atoms with E-state index in [1.165, 1.54) is 0 Å². The van der Waals surface area contributed by atoms with Gasteiger partial charge in [-0.15, -0.1) is 6.58 Å². The number of aryl methyl sites for hydroxylation is 1. The molecule has 0 unspecified atom stereocenters. The van der Waals surface area contributed by atoms with Crippen LogP contribution in [0.2, 0.25) is 0 Å². The van der Waals surface area contributed by atoms with Crippen LogP contribution in [-0.2, 0) is 0 Å². The molecule has 1 aromatic carbocycles. The van der Waals surface area contributed by atoms with Crippen molar-refractivity contribution in [3.8, 4) is 0 Å². The van der Waals surface area contributed by atoms with Gasteiger partial charge in [0.05, 0.1) is 17.1 Å². The second kappa shape index (κ2) is 3.55. The summed E-state index contributed by atoms with van der Waals surface area (Å²) in [6.07, 6.45) is 4.52. The fourth-order valence-corrected chi connectivity index (χ4v) is 2.59. The molecule has 1 aliphatic carbocycles. The quantitative estimate of drug-likeness (QED) is 0.755. The summed E-state index contributed by atoms with van der Waals surface area (Å²) in [5, 5.41) is 5.31. The van der Waals surface area contributed by atoms with E-state index in [9.17, 15) is 4.79 Å². The van der Waals surface area contributed by atoms with Crippen molar-refractivity contribution >= 4 is 16.8 Å². The molecule has 0 aliphatic heterocycles. The summed E-state index contributed by atoms with van der Waals surface area (Å²) in [7, 11) is 0. The van der Waals surface area contributed by atoms with Gasteiger partial charge in [-0.3, -0.25) is 4.79 Å². The van der Waals surface area contributed by atoms with Crippen molar-refractivity contribution in [1.82, 2.24) is 9.78 Å². The Morgan fingerprint density at radius 3 is 3.06 bits per heavy atom. The maximum Gasteiger partial charge on any atom is 0.253 e. The van der Waals surface area contributed by atoms with Crippen LogP contribution in [0.1, 0.15) is 23.7 Å². The lowest BCUT2D eigenvalue weighted by molar-refractivity contribution is 0.0807. The number of rotatable bonds is 2. The summed E-state index contributed by atoms with van der Waals surface area (Å²) in [5.74, 6) is 0.363. The Labute approximate surface area is 106 Å². The van der Waals surface area contributed by atoms with Crippen LogP contribution in [-0.4, -0.2) is 15.7 Å². The Kier molecular flexibility index (Phi) is 2.21. The fourth-order valence-electron chi connectivity index (χ4n) is 2.59. The van der Waals surface area contributed by atoms with E-state index < -0.39 is 0 Å². The van der Waals surface area contributed by atoms with Gasteiger partial charge in [-0.1, -0.05) is 25.1 Å². The first-order valence-corrected chi connectivity index (χ1v) is 6.18. The van der Waals surface area contributed by atoms with Gasteiger partial charge in [0.1, 0.15) is 0 Å². The molecule has 0 amide bonds. The highest BCUT2D eigenvalue weighted by molar-refractivity contribution is 5.96. The molecule has 0 spiro atoms. The molecule has 0 saturated heterocycles. The van der Waals surface area contributed by atoms with Crippen LogP contribution >= 0.6 is 0 Å². The molecule has 92 valence electrons. The van der Waals surface area contributed by atoms with Crippen LogP contribution < -0.4 is 0 Å². The maximum absolute atomic E-state index is 12.5. The minimum atomic E-state index is -0.315. The normalized spacial score (nSPS) is 26.2. The fraction of sp³-hybridized carbons (Fsp3) is 0.333. The Balaban J connectivity index is 2.09. The van der Waals surface area contributed by atoms with Gasteiger partial charge in [-0.2, -0.15) is 9.78 Å². The molecule has 1 aromatic heterocycles. The molecule has 0 radical (unpaired) electrons. The van der Waals surface area contributed by atoms with Gasteiger partial charge in [0.15, 0.2) is 0 Å². The number of hydrogen-bond acceptors (Lipinski definition) is 2. The van der Waals surface area contributed by atoms with Crippen molar-refractivity contribution < 1.29 is 4.79 Å². The van der Waals surface area contributed by atoms with Crippen LogP contribution in [0.5, 0.6) is 0 Å². The molecule has 3 heteroatoms. The number of hydrogen-bond donors (Lipinski definition) is 0. The van der Waals surface area contributed by atoms with Crippen LogP contribution in [0.4, 0.5) is 0 Å². The number of carbonyl (C=O) groups excluding carboxylic acids is 1. The molecule has 0 bridgehead atoms. The first kappa shape index (κ1) is 11.2. The first-order valence-electron chi connectivity index (χ1n) is 6.18. The highest BCUT2D eigenvalue weighted by atomic mass is 16.2. The Bertz CT molecular complexity index is 656. The van der Waals surface area contributed by atoms with Crippen molar-refractivity contribution in [2.75, 3.05) is 0 Å². The number of aromatic nitrogens is 2. The summed E-state index contributed by atoms with van der Waals surface area (Å²) in [6, 6.07) is 5.94. The third-order valence-electron chi connectivity index (χ3n) is 4.10. The van der Waals surface area contributed by atoms with Gasteiger partial charge in [0.25, 0.3) is 5.91 Å². The van der Waals surface area contributed by atoms with E-state index >= 15 is 0 Å². The summed E-state index contributed by atoms with van der Waals surface area (Å²) < 4.78 is 1.55. The molecule has 1 heterocycles. The lowest BCUT2D eigenvalue weighted by atomic mass is 10.1. The van der Waals surface area contributed by atoms with Gasteiger partial charge >= 0.3 is 0 Å². The van der Waals surface area contributed by atoms with Crippen LogP contribution in [0.3, 0.4) is 0 Å². The smallest absolute Gasteiger partial charge is 0.253 e. The summed E-state index contributed by atoms with van der Waals surface area (Å²) in [6.45, 7) is 7.80. The minimum absolute atomic E-state index is 0.0769. The zero-order valence-corrected chi connectivity index (χ0v) is 10.7. The second-order valence-corrected chi connectivity index (χ2v) is 5.33. The van der Waals surface area contributed by atoms with E-state index in [1.54, 1.807) is 10.9 Å². The predicted molar refractivity (Wildman–Crippen MR) is 71.5 cm³/mol. The second-order valence-electron chi connectivity index (χ2n) is 5.33. The SMILES string of the molecule is C=C[C@H]1C[C@@]1(C)C(=O)n1ncc2c(C)cccc21. The molecule has 1 saturated carbocycles. The number of allylic oxidation sites excluding steroid dienone is 1. The molecule has 1 aliphatic rings. The van der Waals surface area contributed by atoms with Gasteiger partial charge in [-0.25, -0.2) is 0 Å². The molecular formula is C15H16N2O. The van der Waals surface area contributed by atoms with Crippen LogP contribution in [0.25, 0.3) is 10.9 Å². The highest BCUT2D eigenvalue weighted by Gasteiger charge is 2.55. The summed E-state index contributed by atoms with van der Waals surface area (Å²) in [5.41, 5.74) is 1.73. The first-order chi connectivity index (χ1) is 8.58. The minimum Gasteiger partial charge on any atom is -0.272 e. The standard InChI is InChI=1S/C15H16N2O/c1-4-11-8-15(11,3)14(18)17-13-7-5-6-10(2)12(13)9-16-17/h4-7,9,11H,1,8H2,2-3H3/t11-,15+/m0/s1. The average molecular weight is 240 g/mol. The lowest BCUT2D eigenvalue weighted by Crippen LogP contribution is -2.23. The average Bonchev–Trinajstić information content (AvgIpc) is 2.85. The monoisotopic (exact) mass is 240 g/mol. The molecule has 1 fully saturated rings. The van der Waals surface area contributed by atoms with Gasteiger partial charge in [0, 0.05) is 5.39 Å². The van der Waals surface area contributed by atoms with Gasteiger partial charge in [0.2, 0.25) is 0 Å². The van der Waals surface area contributed by atoms with Crippen molar-refractivity contribution in [2.24, 2.45) is 11.3 Å². The lowest BCUT2D eigenvalue weighted by Gasteiger charge is -2.09. The van der Waals surface area contributed by atoms with E-state index in [4.69, 9.17) is 0 Å². The van der Waals surface area contributed by atoms with Crippen LogP contribution in [0, 0.1) is 18.3 Å². The molecule has 0 N–H and O–H groups in total. The molecular weight excluding hydrogens is 224 g/mol. The molecule has 18 heavy (non-hydrogen) atoms. The number of benzene rings is 1. The number of carbonyl (C=O) groups is 1. The highest BCUT2D eigenvalue weighted by Crippen LogP contribution is 2.54. The van der Waals surface area contributed by atoms with E-state index in [0.29, 0.717) is 0 Å². The van der Waals surface area contributed by atoms with Crippen molar-refractivity contribution in [3.05, 3.63) is 42.6 Å². The largest absolute Gasteiger partial charge is 0.272 e. The van der Waals surface area contributed by atoms with Crippen molar-refractivity contribution in [1.29, 1.82) is 0 Å². The van der Waals surface area contributed by atoms with E-state index in [0.717, 1.165) is 22.9 Å². The topological polar surface area (TPSA) is 34.9 Å². The summed E-state index contributed by atoms with van der Waals surface area (Å²) >= 11 is 0. The molecule has 3 rings (SSSR count). The third-order valence-corrected chi connectivity index (χ3v) is 4.10. The van der Waals surface area contributed by atoms with E-state index in [2.05, 4.69) is 11.7 Å². The molecule has 3 nitrogen and oxygen atoms in total. The van der Waals surface area contributed by atoms with Gasteiger partial charge < -0.3 is 0 Å². The van der Waals surface area contributed by atoms with Gasteiger partial charge in [-0.05, 0) is 30.9 Å². The zero-order valence-electron chi connectivity index (χ0n) is 10.7. The number of nitrogens with zero attached hydrogens (tertiary/aromatic N) is 2. The zero-order chi connectivity index (χ0) is 12.9. The van der Waals surface area contributed by atoms with Crippen molar-refractivity contribution in [3.63, 3.8) is 0 Å². The Morgan fingerprint density at radius 2 is 2.39 bits per heavy atom. The Hall–Kier alpha value is -1.90. The summed E-state index contributed by atoms with van der Waals surface area (Å²) in [4.78, 5) is 12.5. The predicted octanol–water partition coefficient (Wildman–Crippen LogP) is 3.20. The third kappa shape index (κ3) is 1.37. The van der Waals surface area contributed by atoms with Crippen LogP contribution in [0.15, 0.2) is 37.1 Å². The van der Waals surface area contributed by atoms with E-state index in [1.807, 2.05) is 38.1 Å². The molecule has 2 aromatic rings. The molecule has 2 atom stereocenters. The Morgan fingerprint density at radius 1 is 1.61 bits per heavy atom. The maximum atomic E-state index is 12.5. The van der Waals surface area contributed by atoms with Crippen molar-refractivity contribution in [2.45, 2.75) is 20.3 Å². The number of fused-ring (bicyclic) bond motifs is 1.